The smallest absolute Gasteiger partial charge is 0.225 e. The Balaban J connectivity index is 2.57. The van der Waals surface area contributed by atoms with Crippen molar-refractivity contribution in [3.63, 3.8) is 0 Å². The van der Waals surface area contributed by atoms with Crippen molar-refractivity contribution in [1.82, 2.24) is 0 Å². The van der Waals surface area contributed by atoms with Crippen LogP contribution in [0.1, 0.15) is 58.6 Å². The highest BCUT2D eigenvalue weighted by molar-refractivity contribution is 5.95. The molecule has 1 aromatic rings. The summed E-state index contributed by atoms with van der Waals surface area (Å²) in [5.74, 6) is 0.135. The molecule has 1 N–H and O–H groups in total. The average Bonchev–Trinajstić information content (AvgIpc) is 2.27. The zero-order chi connectivity index (χ0) is 13.6. The molecule has 0 aromatic heterocycles. The van der Waals surface area contributed by atoms with Gasteiger partial charge in [0.2, 0.25) is 5.91 Å². The molecule has 1 aromatic carbocycles. The fraction of sp³-hybridized carbons (Fsp3) is 0.562. The Hall–Kier alpha value is -1.31. The molecule has 0 fully saturated rings. The largest absolute Gasteiger partial charge is 0.326 e. The van der Waals surface area contributed by atoms with Gasteiger partial charge in [0.05, 0.1) is 0 Å². The standard InChI is InChI=1S/C16H23NO/c1-6-16(5)10-14(18)17-13-8-7-11(9-12(13)16)15(2,3)4/h7-9H,6,10H2,1-5H3,(H,17,18). The molecule has 1 heterocycles. The van der Waals surface area contributed by atoms with E-state index in [-0.39, 0.29) is 16.7 Å². The molecule has 1 atom stereocenters. The molecular formula is C16H23NO. The van der Waals surface area contributed by atoms with Gasteiger partial charge in [0.15, 0.2) is 0 Å². The maximum Gasteiger partial charge on any atom is 0.225 e. The Morgan fingerprint density at radius 1 is 1.33 bits per heavy atom. The lowest BCUT2D eigenvalue weighted by atomic mass is 9.72. The number of nitrogens with one attached hydrogen (secondary N) is 1. The number of carbonyl (C=O) groups excluding carboxylic acids is 1. The lowest BCUT2D eigenvalue weighted by molar-refractivity contribution is -0.117. The molecule has 2 heteroatoms. The van der Waals surface area contributed by atoms with Crippen LogP contribution in [0.25, 0.3) is 0 Å². The van der Waals surface area contributed by atoms with E-state index in [9.17, 15) is 4.79 Å². The summed E-state index contributed by atoms with van der Waals surface area (Å²) in [5, 5.41) is 2.99. The van der Waals surface area contributed by atoms with Crippen molar-refractivity contribution in [2.24, 2.45) is 0 Å². The van der Waals surface area contributed by atoms with E-state index >= 15 is 0 Å². The predicted molar refractivity (Wildman–Crippen MR) is 76.0 cm³/mol. The van der Waals surface area contributed by atoms with E-state index in [4.69, 9.17) is 0 Å². The van der Waals surface area contributed by atoms with Gasteiger partial charge in [-0.1, -0.05) is 46.8 Å². The zero-order valence-electron chi connectivity index (χ0n) is 12.1. The van der Waals surface area contributed by atoms with Crippen molar-refractivity contribution in [1.29, 1.82) is 0 Å². The number of amides is 1. The minimum atomic E-state index is -0.0288. The second kappa shape index (κ2) is 4.11. The molecule has 2 nitrogen and oxygen atoms in total. The maximum atomic E-state index is 11.8. The Labute approximate surface area is 110 Å². The summed E-state index contributed by atoms with van der Waals surface area (Å²) in [5.41, 5.74) is 3.72. The first kappa shape index (κ1) is 13.1. The molecule has 1 aliphatic heterocycles. The van der Waals surface area contributed by atoms with E-state index in [1.807, 2.05) is 0 Å². The highest BCUT2D eigenvalue weighted by atomic mass is 16.1. The summed E-state index contributed by atoms with van der Waals surface area (Å²) in [6, 6.07) is 6.46. The van der Waals surface area contributed by atoms with Crippen molar-refractivity contribution in [3.8, 4) is 0 Å². The maximum absolute atomic E-state index is 11.8. The Morgan fingerprint density at radius 3 is 2.56 bits per heavy atom. The summed E-state index contributed by atoms with van der Waals surface area (Å²) >= 11 is 0. The Morgan fingerprint density at radius 2 is 2.00 bits per heavy atom. The number of carbonyl (C=O) groups is 1. The van der Waals surface area contributed by atoms with Crippen molar-refractivity contribution in [2.45, 2.75) is 58.3 Å². The molecule has 18 heavy (non-hydrogen) atoms. The molecule has 0 aliphatic carbocycles. The quantitative estimate of drug-likeness (QED) is 0.796. The molecule has 0 radical (unpaired) electrons. The van der Waals surface area contributed by atoms with E-state index in [1.165, 1.54) is 11.1 Å². The molecule has 0 bridgehead atoms. The summed E-state index contributed by atoms with van der Waals surface area (Å²) in [6.45, 7) is 11.0. The number of fused-ring (bicyclic) bond motifs is 1. The van der Waals surface area contributed by atoms with Gasteiger partial charge in [0, 0.05) is 17.5 Å². The first-order valence-electron chi connectivity index (χ1n) is 6.71. The summed E-state index contributed by atoms with van der Waals surface area (Å²) < 4.78 is 0. The fourth-order valence-electron chi connectivity index (χ4n) is 2.58. The minimum Gasteiger partial charge on any atom is -0.326 e. The molecule has 1 aliphatic rings. The summed E-state index contributed by atoms with van der Waals surface area (Å²) in [7, 11) is 0. The first-order chi connectivity index (χ1) is 8.26. The van der Waals surface area contributed by atoms with Gasteiger partial charge in [0.1, 0.15) is 0 Å². The number of hydrogen-bond acceptors (Lipinski definition) is 1. The van der Waals surface area contributed by atoms with Crippen LogP contribution in [0.4, 0.5) is 5.69 Å². The molecule has 98 valence electrons. The van der Waals surface area contributed by atoms with Gasteiger partial charge in [-0.3, -0.25) is 4.79 Å². The van der Waals surface area contributed by atoms with Gasteiger partial charge in [-0.15, -0.1) is 0 Å². The molecule has 0 saturated heterocycles. The average molecular weight is 245 g/mol. The highest BCUT2D eigenvalue weighted by Crippen LogP contribution is 2.41. The molecule has 2 rings (SSSR count). The summed E-state index contributed by atoms with van der Waals surface area (Å²) in [4.78, 5) is 11.8. The SMILES string of the molecule is CCC1(C)CC(=O)Nc2ccc(C(C)(C)C)cc21. The molecule has 1 amide bonds. The zero-order valence-corrected chi connectivity index (χ0v) is 12.1. The van der Waals surface area contributed by atoms with E-state index in [1.54, 1.807) is 0 Å². The van der Waals surface area contributed by atoms with Gasteiger partial charge in [-0.25, -0.2) is 0 Å². The first-order valence-corrected chi connectivity index (χ1v) is 6.71. The lowest BCUT2D eigenvalue weighted by Crippen LogP contribution is -2.34. The highest BCUT2D eigenvalue weighted by Gasteiger charge is 2.35. The topological polar surface area (TPSA) is 29.1 Å². The minimum absolute atomic E-state index is 0.0288. The van der Waals surface area contributed by atoms with Gasteiger partial charge in [-0.05, 0) is 29.0 Å². The monoisotopic (exact) mass is 245 g/mol. The molecule has 0 saturated carbocycles. The van der Waals surface area contributed by atoms with Crippen molar-refractivity contribution in [3.05, 3.63) is 29.3 Å². The normalized spacial score (nSPS) is 23.5. The number of benzene rings is 1. The predicted octanol–water partition coefficient (Wildman–Crippen LogP) is 3.99. The van der Waals surface area contributed by atoms with E-state index in [0.29, 0.717) is 6.42 Å². The van der Waals surface area contributed by atoms with Crippen LogP contribution in [0.2, 0.25) is 0 Å². The third-order valence-electron chi connectivity index (χ3n) is 4.14. The van der Waals surface area contributed by atoms with Crippen LogP contribution in [0.3, 0.4) is 0 Å². The van der Waals surface area contributed by atoms with Crippen molar-refractivity contribution in [2.75, 3.05) is 5.32 Å². The lowest BCUT2D eigenvalue weighted by Gasteiger charge is -2.36. The molecule has 1 unspecified atom stereocenters. The van der Waals surface area contributed by atoms with Crippen molar-refractivity contribution >= 4 is 11.6 Å². The second-order valence-electron chi connectivity index (χ2n) is 6.65. The van der Waals surface area contributed by atoms with E-state index < -0.39 is 0 Å². The fourth-order valence-corrected chi connectivity index (χ4v) is 2.58. The van der Waals surface area contributed by atoms with Crippen LogP contribution in [-0.2, 0) is 15.6 Å². The van der Waals surface area contributed by atoms with Crippen LogP contribution in [-0.4, -0.2) is 5.91 Å². The van der Waals surface area contributed by atoms with Crippen LogP contribution in [0.5, 0.6) is 0 Å². The van der Waals surface area contributed by atoms with Gasteiger partial charge in [-0.2, -0.15) is 0 Å². The Kier molecular flexibility index (Phi) is 3.00. The van der Waals surface area contributed by atoms with Crippen LogP contribution in [0.15, 0.2) is 18.2 Å². The third kappa shape index (κ3) is 2.16. The van der Waals surface area contributed by atoms with Crippen molar-refractivity contribution < 1.29 is 4.79 Å². The van der Waals surface area contributed by atoms with Gasteiger partial charge < -0.3 is 5.32 Å². The van der Waals surface area contributed by atoms with Crippen LogP contribution in [0, 0.1) is 0 Å². The second-order valence-corrected chi connectivity index (χ2v) is 6.65. The number of rotatable bonds is 1. The number of hydrogen-bond donors (Lipinski definition) is 1. The number of anilines is 1. The third-order valence-corrected chi connectivity index (χ3v) is 4.14. The van der Waals surface area contributed by atoms with Gasteiger partial charge >= 0.3 is 0 Å². The van der Waals surface area contributed by atoms with Crippen LogP contribution >= 0.6 is 0 Å². The van der Waals surface area contributed by atoms with E-state index in [0.717, 1.165) is 12.1 Å². The molecular weight excluding hydrogens is 222 g/mol. The Bertz CT molecular complexity index is 484. The van der Waals surface area contributed by atoms with E-state index in [2.05, 4.69) is 58.1 Å². The van der Waals surface area contributed by atoms with Gasteiger partial charge in [0.25, 0.3) is 0 Å². The van der Waals surface area contributed by atoms with Crippen LogP contribution < -0.4 is 5.32 Å². The molecule has 0 spiro atoms. The summed E-state index contributed by atoms with van der Waals surface area (Å²) in [6.07, 6.45) is 1.57.